The molecule has 1 atom stereocenters. The number of aromatic amines is 1. The molecule has 2 nitrogen and oxygen atoms in total. The number of benzene rings is 4. The van der Waals surface area contributed by atoms with Crippen LogP contribution < -0.4 is 4.90 Å². The van der Waals surface area contributed by atoms with Gasteiger partial charge in [-0.1, -0.05) is 106 Å². The predicted molar refractivity (Wildman–Crippen MR) is 151 cm³/mol. The molecule has 1 aromatic heterocycles. The van der Waals surface area contributed by atoms with E-state index in [0.717, 1.165) is 6.42 Å². The van der Waals surface area contributed by atoms with Crippen LogP contribution in [0.25, 0.3) is 22.7 Å². The molecule has 2 heteroatoms. The second kappa shape index (κ2) is 7.73. The van der Waals surface area contributed by atoms with Gasteiger partial charge in [0.2, 0.25) is 0 Å². The Bertz CT molecular complexity index is 1640. The van der Waals surface area contributed by atoms with Crippen LogP contribution in [0.4, 0.5) is 5.69 Å². The molecule has 0 amide bonds. The van der Waals surface area contributed by atoms with Gasteiger partial charge < -0.3 is 9.88 Å². The van der Waals surface area contributed by atoms with Gasteiger partial charge in [0.05, 0.1) is 0 Å². The number of hydrogen-bond donors (Lipinski definition) is 1. The van der Waals surface area contributed by atoms with Crippen molar-refractivity contribution in [2.45, 2.75) is 38.6 Å². The second-order valence-electron chi connectivity index (χ2n) is 11.1. The lowest BCUT2D eigenvalue weighted by Crippen LogP contribution is -2.31. The fraction of sp³-hybridized carbons (Fsp3) is 0.176. The third-order valence-corrected chi connectivity index (χ3v) is 7.89. The predicted octanol–water partition coefficient (Wildman–Crippen LogP) is 8.48. The lowest BCUT2D eigenvalue weighted by Gasteiger charge is -2.39. The van der Waals surface area contributed by atoms with Crippen LogP contribution in [-0.2, 0) is 11.8 Å². The van der Waals surface area contributed by atoms with Crippen LogP contribution in [0, 0.1) is 0 Å². The number of anilines is 1. The van der Waals surface area contributed by atoms with Crippen molar-refractivity contribution in [3.63, 3.8) is 0 Å². The van der Waals surface area contributed by atoms with E-state index in [4.69, 9.17) is 0 Å². The Morgan fingerprint density at radius 3 is 2.33 bits per heavy atom. The van der Waals surface area contributed by atoms with Gasteiger partial charge in [-0.15, -0.1) is 0 Å². The highest BCUT2D eigenvalue weighted by Crippen LogP contribution is 2.50. The van der Waals surface area contributed by atoms with E-state index in [1.54, 1.807) is 0 Å². The summed E-state index contributed by atoms with van der Waals surface area (Å²) in [6.07, 6.45) is 3.29. The minimum atomic E-state index is 0.0783. The normalized spacial score (nSPS) is 16.5. The SMILES string of the molecule is CC(C)(C)c1ccc(C2=Cc3ccccc3C3c4[nH]c5ccccc5c4Cc4ccccc4N23)cc1. The van der Waals surface area contributed by atoms with Crippen molar-refractivity contribution in [1.29, 1.82) is 0 Å². The number of fused-ring (bicyclic) bond motifs is 9. The molecule has 0 saturated carbocycles. The highest BCUT2D eigenvalue weighted by atomic mass is 15.2. The highest BCUT2D eigenvalue weighted by Gasteiger charge is 2.37. The Balaban J connectivity index is 1.52. The van der Waals surface area contributed by atoms with E-state index < -0.39 is 0 Å². The van der Waals surface area contributed by atoms with Crippen molar-refractivity contribution in [1.82, 2.24) is 4.98 Å². The second-order valence-corrected chi connectivity index (χ2v) is 11.1. The van der Waals surface area contributed by atoms with Crippen molar-refractivity contribution < 1.29 is 0 Å². The summed E-state index contributed by atoms with van der Waals surface area (Å²) in [5.74, 6) is 0. The smallest absolute Gasteiger partial charge is 0.100 e. The van der Waals surface area contributed by atoms with Gasteiger partial charge in [-0.2, -0.15) is 0 Å². The van der Waals surface area contributed by atoms with Crippen molar-refractivity contribution in [3.8, 4) is 0 Å². The molecule has 4 aromatic carbocycles. The molecule has 1 N–H and O–H groups in total. The van der Waals surface area contributed by atoms with Crippen LogP contribution in [0.2, 0.25) is 0 Å². The average molecular weight is 467 g/mol. The number of hydrogen-bond acceptors (Lipinski definition) is 1. The van der Waals surface area contributed by atoms with Crippen molar-refractivity contribution in [3.05, 3.63) is 136 Å². The van der Waals surface area contributed by atoms with Crippen LogP contribution in [0.3, 0.4) is 0 Å². The van der Waals surface area contributed by atoms with Crippen LogP contribution in [-0.4, -0.2) is 4.98 Å². The summed E-state index contributed by atoms with van der Waals surface area (Å²) < 4.78 is 0. The summed E-state index contributed by atoms with van der Waals surface area (Å²) in [7, 11) is 0. The summed E-state index contributed by atoms with van der Waals surface area (Å²) in [6, 6.07) is 35.8. The molecular formula is C34H30N2. The lowest BCUT2D eigenvalue weighted by molar-refractivity contribution is 0.590. The molecule has 0 fully saturated rings. The zero-order valence-corrected chi connectivity index (χ0v) is 21.0. The first-order chi connectivity index (χ1) is 17.5. The molecule has 0 radical (unpaired) electrons. The Hall–Kier alpha value is -4.04. The number of rotatable bonds is 1. The maximum Gasteiger partial charge on any atom is 0.100 e. The van der Waals surface area contributed by atoms with E-state index in [-0.39, 0.29) is 11.5 Å². The molecule has 0 saturated heterocycles. The van der Waals surface area contributed by atoms with E-state index >= 15 is 0 Å². The van der Waals surface area contributed by atoms with Gasteiger partial charge in [0.1, 0.15) is 6.04 Å². The number of nitrogens with zero attached hydrogens (tertiary/aromatic N) is 1. The third-order valence-electron chi connectivity index (χ3n) is 7.89. The Morgan fingerprint density at radius 1 is 0.778 bits per heavy atom. The largest absolute Gasteiger partial charge is 0.356 e. The van der Waals surface area contributed by atoms with Crippen molar-refractivity contribution in [2.24, 2.45) is 0 Å². The summed E-state index contributed by atoms with van der Waals surface area (Å²) >= 11 is 0. The van der Waals surface area contributed by atoms with Gasteiger partial charge in [-0.05, 0) is 57.0 Å². The minimum Gasteiger partial charge on any atom is -0.356 e. The van der Waals surface area contributed by atoms with Gasteiger partial charge in [0, 0.05) is 34.4 Å². The van der Waals surface area contributed by atoms with Crippen molar-refractivity contribution in [2.75, 3.05) is 4.90 Å². The maximum absolute atomic E-state index is 3.86. The number of nitrogens with one attached hydrogen (secondary N) is 1. The quantitative estimate of drug-likeness (QED) is 0.262. The minimum absolute atomic E-state index is 0.0783. The molecular weight excluding hydrogens is 436 g/mol. The molecule has 2 aliphatic rings. The van der Waals surface area contributed by atoms with E-state index in [2.05, 4.69) is 134 Å². The van der Waals surface area contributed by atoms with Gasteiger partial charge in [-0.25, -0.2) is 0 Å². The van der Waals surface area contributed by atoms with Crippen LogP contribution >= 0.6 is 0 Å². The molecule has 36 heavy (non-hydrogen) atoms. The number of aromatic nitrogens is 1. The van der Waals surface area contributed by atoms with Gasteiger partial charge in [0.25, 0.3) is 0 Å². The van der Waals surface area contributed by atoms with Gasteiger partial charge in [-0.3, -0.25) is 0 Å². The molecule has 0 bridgehead atoms. The van der Waals surface area contributed by atoms with E-state index in [1.165, 1.54) is 61.4 Å². The van der Waals surface area contributed by atoms with Crippen LogP contribution in [0.1, 0.15) is 65.9 Å². The monoisotopic (exact) mass is 466 g/mol. The third kappa shape index (κ3) is 3.18. The van der Waals surface area contributed by atoms with Gasteiger partial charge in [0.15, 0.2) is 0 Å². The molecule has 2 aliphatic heterocycles. The summed E-state index contributed by atoms with van der Waals surface area (Å²) in [5, 5.41) is 1.33. The fourth-order valence-electron chi connectivity index (χ4n) is 6.03. The molecule has 3 heterocycles. The Morgan fingerprint density at radius 2 is 1.50 bits per heavy atom. The molecule has 176 valence electrons. The summed E-state index contributed by atoms with van der Waals surface area (Å²) in [5.41, 5.74) is 13.2. The molecule has 5 aromatic rings. The Labute approximate surface area is 212 Å². The van der Waals surface area contributed by atoms with E-state index in [0.29, 0.717) is 0 Å². The summed E-state index contributed by atoms with van der Waals surface area (Å²) in [4.78, 5) is 6.44. The highest BCUT2D eigenvalue weighted by molar-refractivity contribution is 5.97. The standard InChI is InChI=1S/C34H30N2/c1-34(2,3)25-18-16-22(17-19-25)31-21-23-10-4-6-12-26(23)33-32-28(27-13-7-8-14-29(27)35-32)20-24-11-5-9-15-30(24)36(31)33/h4-19,21,33,35H,20H2,1-3H3. The zero-order chi connectivity index (χ0) is 24.4. The van der Waals surface area contributed by atoms with E-state index in [1.807, 2.05) is 0 Å². The lowest BCUT2D eigenvalue weighted by atomic mass is 9.85. The molecule has 7 rings (SSSR count). The van der Waals surface area contributed by atoms with Crippen molar-refractivity contribution >= 4 is 28.4 Å². The van der Waals surface area contributed by atoms with Crippen LogP contribution in [0.5, 0.6) is 0 Å². The average Bonchev–Trinajstić information content (AvgIpc) is 3.18. The molecule has 0 aliphatic carbocycles. The fourth-order valence-corrected chi connectivity index (χ4v) is 6.03. The Kier molecular flexibility index (Phi) is 4.56. The first kappa shape index (κ1) is 21.3. The van der Waals surface area contributed by atoms with Crippen LogP contribution in [0.15, 0.2) is 97.1 Å². The molecule has 1 unspecified atom stereocenters. The van der Waals surface area contributed by atoms with Gasteiger partial charge >= 0.3 is 0 Å². The topological polar surface area (TPSA) is 19.0 Å². The first-order valence-electron chi connectivity index (χ1n) is 12.9. The maximum atomic E-state index is 3.86. The number of H-pyrrole nitrogens is 1. The summed E-state index contributed by atoms with van der Waals surface area (Å²) in [6.45, 7) is 6.82. The zero-order valence-electron chi connectivity index (χ0n) is 21.0. The van der Waals surface area contributed by atoms with E-state index in [9.17, 15) is 0 Å². The first-order valence-corrected chi connectivity index (χ1v) is 12.9. The molecule has 0 spiro atoms. The number of para-hydroxylation sites is 2.